The van der Waals surface area contributed by atoms with E-state index in [1.54, 1.807) is 6.92 Å². The van der Waals surface area contributed by atoms with Gasteiger partial charge in [-0.05, 0) is 32.6 Å². The van der Waals surface area contributed by atoms with Crippen LogP contribution >= 0.6 is 0 Å². The number of allylic oxidation sites excluding steroid dienone is 2. The Hall–Kier alpha value is -0.930. The predicted molar refractivity (Wildman–Crippen MR) is 65.0 cm³/mol. The van der Waals surface area contributed by atoms with E-state index >= 15 is 0 Å². The molecule has 3 atom stereocenters. The summed E-state index contributed by atoms with van der Waals surface area (Å²) in [6, 6.07) is 2.23. The van der Waals surface area contributed by atoms with E-state index in [4.69, 9.17) is 10.00 Å². The van der Waals surface area contributed by atoms with E-state index in [9.17, 15) is 15.3 Å². The molecular formula is C13H21NO4. The Morgan fingerprint density at radius 2 is 2.22 bits per heavy atom. The number of nitrogens with zero attached hydrogens (tertiary/aromatic N) is 1. The lowest BCUT2D eigenvalue weighted by molar-refractivity contribution is -0.198. The van der Waals surface area contributed by atoms with Crippen molar-refractivity contribution in [3.05, 3.63) is 11.6 Å². The topological polar surface area (TPSA) is 93.7 Å². The number of aliphatic hydroxyl groups excluding tert-OH is 2. The highest BCUT2D eigenvalue weighted by atomic mass is 16.6. The van der Waals surface area contributed by atoms with Crippen LogP contribution < -0.4 is 0 Å². The Balaban J connectivity index is 2.57. The van der Waals surface area contributed by atoms with Gasteiger partial charge in [0.15, 0.2) is 12.6 Å². The molecule has 0 aromatic heterocycles. The van der Waals surface area contributed by atoms with Crippen LogP contribution in [-0.4, -0.2) is 34.5 Å². The molecule has 5 heteroatoms. The first kappa shape index (κ1) is 15.1. The molecule has 1 aliphatic rings. The standard InChI is InChI=1S/C13H21NO4/c1-2-18-13(17)11(12(15)16)7-9-3-5-10(8-14)6-4-9/h3,10-13,15-17H,2,4-7H2,1H3. The van der Waals surface area contributed by atoms with Gasteiger partial charge in [0.1, 0.15) is 0 Å². The normalized spacial score (nSPS) is 23.3. The minimum atomic E-state index is -1.61. The molecule has 18 heavy (non-hydrogen) atoms. The number of hydrogen-bond donors (Lipinski definition) is 3. The lowest BCUT2D eigenvalue weighted by atomic mass is 9.86. The van der Waals surface area contributed by atoms with Crippen molar-refractivity contribution in [1.29, 1.82) is 5.26 Å². The molecule has 0 radical (unpaired) electrons. The van der Waals surface area contributed by atoms with Gasteiger partial charge in [0.05, 0.1) is 17.9 Å². The van der Waals surface area contributed by atoms with Gasteiger partial charge in [-0.2, -0.15) is 5.26 Å². The Morgan fingerprint density at radius 3 is 2.67 bits per heavy atom. The number of nitriles is 1. The molecule has 1 aliphatic carbocycles. The first-order valence-corrected chi connectivity index (χ1v) is 6.31. The molecule has 3 unspecified atom stereocenters. The molecule has 3 N–H and O–H groups in total. The fraction of sp³-hybridized carbons (Fsp3) is 0.769. The Bertz CT molecular complexity index is 321. The van der Waals surface area contributed by atoms with Gasteiger partial charge in [-0.1, -0.05) is 11.6 Å². The number of rotatable bonds is 6. The first-order valence-electron chi connectivity index (χ1n) is 6.31. The van der Waals surface area contributed by atoms with Crippen LogP contribution in [0.2, 0.25) is 0 Å². The molecule has 5 nitrogen and oxygen atoms in total. The summed E-state index contributed by atoms with van der Waals surface area (Å²) in [7, 11) is 0. The highest BCUT2D eigenvalue weighted by molar-refractivity contribution is 5.10. The summed E-state index contributed by atoms with van der Waals surface area (Å²) < 4.78 is 5.01. The molecule has 0 saturated carbocycles. The molecule has 0 aromatic rings. The van der Waals surface area contributed by atoms with Crippen LogP contribution in [0.4, 0.5) is 0 Å². The van der Waals surface area contributed by atoms with E-state index in [0.717, 1.165) is 18.4 Å². The maximum absolute atomic E-state index is 9.69. The largest absolute Gasteiger partial charge is 0.368 e. The lowest BCUT2D eigenvalue weighted by Crippen LogP contribution is -2.34. The van der Waals surface area contributed by atoms with E-state index in [0.29, 0.717) is 19.4 Å². The van der Waals surface area contributed by atoms with Gasteiger partial charge in [-0.3, -0.25) is 0 Å². The maximum atomic E-state index is 9.69. The fourth-order valence-electron chi connectivity index (χ4n) is 2.14. The summed E-state index contributed by atoms with van der Waals surface area (Å²) in [5, 5.41) is 37.0. The van der Waals surface area contributed by atoms with Crippen LogP contribution in [-0.2, 0) is 4.74 Å². The van der Waals surface area contributed by atoms with E-state index in [1.807, 2.05) is 6.08 Å². The van der Waals surface area contributed by atoms with E-state index in [1.165, 1.54) is 0 Å². The predicted octanol–water partition coefficient (Wildman–Crippen LogP) is 0.908. The third kappa shape index (κ3) is 4.39. The third-order valence-electron chi connectivity index (χ3n) is 3.27. The molecule has 102 valence electrons. The Morgan fingerprint density at radius 1 is 1.50 bits per heavy atom. The zero-order chi connectivity index (χ0) is 13.5. The highest BCUT2D eigenvalue weighted by Gasteiger charge is 2.28. The van der Waals surface area contributed by atoms with Gasteiger partial charge in [-0.25, -0.2) is 0 Å². The number of aliphatic hydroxyl groups is 3. The average molecular weight is 255 g/mol. The zero-order valence-corrected chi connectivity index (χ0v) is 10.6. The van der Waals surface area contributed by atoms with Crippen LogP contribution in [0.3, 0.4) is 0 Å². The summed E-state index contributed by atoms with van der Waals surface area (Å²) in [5.41, 5.74) is 1.05. The van der Waals surface area contributed by atoms with Crippen LogP contribution in [0.5, 0.6) is 0 Å². The molecule has 0 saturated heterocycles. The van der Waals surface area contributed by atoms with Crippen molar-refractivity contribution in [2.24, 2.45) is 11.8 Å². The van der Waals surface area contributed by atoms with Gasteiger partial charge in [0.25, 0.3) is 0 Å². The molecule has 0 fully saturated rings. The SMILES string of the molecule is CCOC(O)C(CC1=CCC(C#N)CC1)C(O)O. The second kappa shape index (κ2) is 7.49. The van der Waals surface area contributed by atoms with Crippen LogP contribution in [0, 0.1) is 23.2 Å². The summed E-state index contributed by atoms with van der Waals surface area (Å²) in [4.78, 5) is 0. The first-order chi connectivity index (χ1) is 8.58. The minimum Gasteiger partial charge on any atom is -0.368 e. The van der Waals surface area contributed by atoms with E-state index in [-0.39, 0.29) is 5.92 Å². The molecular weight excluding hydrogens is 234 g/mol. The molecule has 0 aromatic carbocycles. The van der Waals surface area contributed by atoms with Crippen molar-refractivity contribution in [2.75, 3.05) is 6.61 Å². The summed E-state index contributed by atoms with van der Waals surface area (Å²) in [6.07, 6.45) is 1.82. The van der Waals surface area contributed by atoms with Crippen molar-refractivity contribution in [3.8, 4) is 6.07 Å². The third-order valence-corrected chi connectivity index (χ3v) is 3.27. The summed E-state index contributed by atoms with van der Waals surface area (Å²) >= 11 is 0. The Labute approximate surface area is 107 Å². The van der Waals surface area contributed by atoms with Crippen molar-refractivity contribution >= 4 is 0 Å². The van der Waals surface area contributed by atoms with E-state index in [2.05, 4.69) is 6.07 Å². The van der Waals surface area contributed by atoms with Gasteiger partial charge >= 0.3 is 0 Å². The molecule has 1 rings (SSSR count). The lowest BCUT2D eigenvalue weighted by Gasteiger charge is -2.26. The van der Waals surface area contributed by atoms with Gasteiger partial charge in [0.2, 0.25) is 0 Å². The second-order valence-corrected chi connectivity index (χ2v) is 4.59. The molecule has 0 spiro atoms. The van der Waals surface area contributed by atoms with Crippen LogP contribution in [0.15, 0.2) is 11.6 Å². The van der Waals surface area contributed by atoms with E-state index < -0.39 is 18.5 Å². The molecule has 0 bridgehead atoms. The zero-order valence-electron chi connectivity index (χ0n) is 10.6. The molecule has 0 amide bonds. The summed E-state index contributed by atoms with van der Waals surface area (Å²) in [6.45, 7) is 2.06. The number of hydrogen-bond acceptors (Lipinski definition) is 5. The number of ether oxygens (including phenoxy) is 1. The second-order valence-electron chi connectivity index (χ2n) is 4.59. The quantitative estimate of drug-likeness (QED) is 0.484. The van der Waals surface area contributed by atoms with Crippen molar-refractivity contribution in [3.63, 3.8) is 0 Å². The van der Waals surface area contributed by atoms with Crippen molar-refractivity contribution in [2.45, 2.75) is 45.2 Å². The van der Waals surface area contributed by atoms with Crippen molar-refractivity contribution < 1.29 is 20.1 Å². The van der Waals surface area contributed by atoms with Crippen molar-refractivity contribution in [1.82, 2.24) is 0 Å². The highest BCUT2D eigenvalue weighted by Crippen LogP contribution is 2.29. The molecule has 0 aliphatic heterocycles. The summed E-state index contributed by atoms with van der Waals surface area (Å²) in [5.74, 6) is -0.682. The van der Waals surface area contributed by atoms with Crippen LogP contribution in [0.1, 0.15) is 32.6 Å². The molecule has 0 heterocycles. The fourth-order valence-corrected chi connectivity index (χ4v) is 2.14. The van der Waals surface area contributed by atoms with Gasteiger partial charge in [-0.15, -0.1) is 0 Å². The van der Waals surface area contributed by atoms with Gasteiger partial charge in [0, 0.05) is 6.61 Å². The minimum absolute atomic E-state index is 0.0584. The van der Waals surface area contributed by atoms with Gasteiger partial charge < -0.3 is 20.1 Å². The maximum Gasteiger partial charge on any atom is 0.162 e. The smallest absolute Gasteiger partial charge is 0.162 e. The monoisotopic (exact) mass is 255 g/mol. The van der Waals surface area contributed by atoms with Crippen LogP contribution in [0.25, 0.3) is 0 Å². The average Bonchev–Trinajstić information content (AvgIpc) is 2.36. The Kier molecular flexibility index (Phi) is 6.30.